The van der Waals surface area contributed by atoms with Gasteiger partial charge in [-0.2, -0.15) is 0 Å². The van der Waals surface area contributed by atoms with Gasteiger partial charge in [0.2, 0.25) is 0 Å². The molecule has 4 rings (SSSR count). The summed E-state index contributed by atoms with van der Waals surface area (Å²) in [6.07, 6.45) is 0. The maximum absolute atomic E-state index is 6.38. The molecule has 20 heavy (non-hydrogen) atoms. The lowest BCUT2D eigenvalue weighted by Gasteiger charge is -2.02. The molecule has 0 saturated carbocycles. The van der Waals surface area contributed by atoms with E-state index >= 15 is 0 Å². The highest BCUT2D eigenvalue weighted by atomic mass is 35.5. The van der Waals surface area contributed by atoms with E-state index in [4.69, 9.17) is 11.6 Å². The first-order chi connectivity index (χ1) is 9.83. The zero-order valence-electron chi connectivity index (χ0n) is 10.6. The van der Waals surface area contributed by atoms with E-state index in [-0.39, 0.29) is 0 Å². The molecule has 0 nitrogen and oxygen atoms in total. The van der Waals surface area contributed by atoms with Crippen molar-refractivity contribution in [3.63, 3.8) is 0 Å². The van der Waals surface area contributed by atoms with E-state index < -0.39 is 0 Å². The molecule has 0 aliphatic rings. The van der Waals surface area contributed by atoms with Crippen LogP contribution in [0.25, 0.3) is 31.3 Å². The summed E-state index contributed by atoms with van der Waals surface area (Å²) in [5.41, 5.74) is 2.47. The van der Waals surface area contributed by atoms with Crippen LogP contribution in [0.1, 0.15) is 0 Å². The minimum Gasteiger partial charge on any atom is -0.135 e. The van der Waals surface area contributed by atoms with Crippen molar-refractivity contribution in [3.05, 3.63) is 71.8 Å². The fourth-order valence-corrected chi connectivity index (χ4v) is 4.04. The van der Waals surface area contributed by atoms with E-state index in [0.717, 1.165) is 5.02 Å². The second-order valence-corrected chi connectivity index (χ2v) is 6.28. The molecular formula is C18H11ClS. The van der Waals surface area contributed by atoms with Crippen LogP contribution in [0.15, 0.2) is 66.7 Å². The predicted molar refractivity (Wildman–Crippen MR) is 89.8 cm³/mol. The summed E-state index contributed by atoms with van der Waals surface area (Å²) in [4.78, 5) is 0. The van der Waals surface area contributed by atoms with Crippen LogP contribution in [-0.4, -0.2) is 0 Å². The smallest absolute Gasteiger partial charge is 0.0499 e. The molecule has 0 spiro atoms. The van der Waals surface area contributed by atoms with Crippen molar-refractivity contribution < 1.29 is 0 Å². The average molecular weight is 295 g/mol. The van der Waals surface area contributed by atoms with Gasteiger partial charge in [-0.3, -0.25) is 0 Å². The van der Waals surface area contributed by atoms with Crippen LogP contribution in [-0.2, 0) is 0 Å². The molecule has 0 unspecified atom stereocenters. The van der Waals surface area contributed by atoms with Crippen LogP contribution >= 0.6 is 22.9 Å². The van der Waals surface area contributed by atoms with E-state index in [0.29, 0.717) is 0 Å². The summed E-state index contributed by atoms with van der Waals surface area (Å²) in [6, 6.07) is 23.2. The maximum Gasteiger partial charge on any atom is 0.0499 e. The number of benzene rings is 3. The van der Waals surface area contributed by atoms with Gasteiger partial charge in [0, 0.05) is 25.2 Å². The molecule has 0 N–H and O–H groups in total. The van der Waals surface area contributed by atoms with Gasteiger partial charge < -0.3 is 0 Å². The van der Waals surface area contributed by atoms with Gasteiger partial charge in [0.1, 0.15) is 0 Å². The molecular weight excluding hydrogens is 284 g/mol. The van der Waals surface area contributed by atoms with Gasteiger partial charge in [-0.1, -0.05) is 54.1 Å². The number of thiophene rings is 1. The van der Waals surface area contributed by atoms with E-state index in [1.807, 2.05) is 18.2 Å². The zero-order chi connectivity index (χ0) is 13.5. The van der Waals surface area contributed by atoms with Gasteiger partial charge in [-0.15, -0.1) is 11.3 Å². The Bertz CT molecular complexity index is 907. The van der Waals surface area contributed by atoms with E-state index in [1.54, 1.807) is 11.3 Å². The Labute approximate surface area is 126 Å². The van der Waals surface area contributed by atoms with Gasteiger partial charge in [-0.25, -0.2) is 0 Å². The first-order valence-corrected chi connectivity index (χ1v) is 7.68. The molecule has 0 amide bonds. The summed E-state index contributed by atoms with van der Waals surface area (Å²) in [5, 5.41) is 3.25. The van der Waals surface area contributed by atoms with Crippen LogP contribution in [0.3, 0.4) is 0 Å². The van der Waals surface area contributed by atoms with E-state index in [9.17, 15) is 0 Å². The average Bonchev–Trinajstić information content (AvgIpc) is 2.87. The second kappa shape index (κ2) is 4.62. The van der Waals surface area contributed by atoms with Gasteiger partial charge >= 0.3 is 0 Å². The van der Waals surface area contributed by atoms with Gasteiger partial charge in [0.15, 0.2) is 0 Å². The zero-order valence-corrected chi connectivity index (χ0v) is 12.2. The molecule has 0 bridgehead atoms. The molecule has 1 heterocycles. The Balaban J connectivity index is 2.06. The number of fused-ring (bicyclic) bond motifs is 3. The first-order valence-electron chi connectivity index (χ1n) is 6.49. The van der Waals surface area contributed by atoms with E-state index in [2.05, 4.69) is 48.5 Å². The molecule has 3 aromatic carbocycles. The molecule has 0 atom stereocenters. The van der Waals surface area contributed by atoms with Crippen molar-refractivity contribution in [2.24, 2.45) is 0 Å². The normalized spacial score (nSPS) is 11.2. The Morgan fingerprint density at radius 1 is 0.700 bits per heavy atom. The van der Waals surface area contributed by atoms with Crippen molar-refractivity contribution in [2.75, 3.05) is 0 Å². The van der Waals surface area contributed by atoms with Crippen LogP contribution in [0, 0.1) is 0 Å². The largest absolute Gasteiger partial charge is 0.135 e. The third-order valence-electron chi connectivity index (χ3n) is 3.55. The third-order valence-corrected chi connectivity index (χ3v) is 5.00. The highest BCUT2D eigenvalue weighted by Gasteiger charge is 2.09. The second-order valence-electron chi connectivity index (χ2n) is 4.79. The number of hydrogen-bond donors (Lipinski definition) is 0. The van der Waals surface area contributed by atoms with E-state index in [1.165, 1.54) is 31.3 Å². The summed E-state index contributed by atoms with van der Waals surface area (Å²) in [6.45, 7) is 0. The van der Waals surface area contributed by atoms with Gasteiger partial charge in [0.25, 0.3) is 0 Å². The molecule has 0 aliphatic heterocycles. The fraction of sp³-hybridized carbons (Fsp3) is 0. The minimum absolute atomic E-state index is 0.832. The molecule has 0 radical (unpaired) electrons. The lowest BCUT2D eigenvalue weighted by atomic mass is 10.0. The Morgan fingerprint density at radius 2 is 1.55 bits per heavy atom. The summed E-state index contributed by atoms with van der Waals surface area (Å²) < 4.78 is 2.53. The van der Waals surface area contributed by atoms with Crippen molar-refractivity contribution >= 4 is 43.1 Å². The number of hydrogen-bond acceptors (Lipinski definition) is 1. The quantitative estimate of drug-likeness (QED) is 0.382. The molecule has 1 aromatic heterocycles. The maximum atomic E-state index is 6.38. The summed E-state index contributed by atoms with van der Waals surface area (Å²) in [5.74, 6) is 0. The highest BCUT2D eigenvalue weighted by molar-refractivity contribution is 7.26. The minimum atomic E-state index is 0.832. The Morgan fingerprint density at radius 3 is 2.40 bits per heavy atom. The third kappa shape index (κ3) is 1.82. The Kier molecular flexibility index (Phi) is 2.76. The van der Waals surface area contributed by atoms with Crippen molar-refractivity contribution in [1.82, 2.24) is 0 Å². The molecule has 0 saturated heterocycles. The fourth-order valence-electron chi connectivity index (χ4n) is 2.59. The van der Waals surface area contributed by atoms with Crippen molar-refractivity contribution in [2.45, 2.75) is 0 Å². The topological polar surface area (TPSA) is 0 Å². The molecule has 2 heteroatoms. The molecule has 0 fully saturated rings. The Hall–Kier alpha value is -1.83. The molecule has 96 valence electrons. The predicted octanol–water partition coefficient (Wildman–Crippen LogP) is 6.37. The van der Waals surface area contributed by atoms with Crippen LogP contribution in [0.5, 0.6) is 0 Å². The SMILES string of the molecule is Clc1cccc2sc3ccc(-c4ccccc4)cc3c12. The van der Waals surface area contributed by atoms with Crippen LogP contribution < -0.4 is 0 Å². The number of rotatable bonds is 1. The van der Waals surface area contributed by atoms with Crippen LogP contribution in [0.4, 0.5) is 0 Å². The van der Waals surface area contributed by atoms with Crippen LogP contribution in [0.2, 0.25) is 5.02 Å². The number of halogens is 1. The summed E-state index contributed by atoms with van der Waals surface area (Å²) in [7, 11) is 0. The van der Waals surface area contributed by atoms with Crippen molar-refractivity contribution in [3.8, 4) is 11.1 Å². The van der Waals surface area contributed by atoms with Crippen molar-refractivity contribution in [1.29, 1.82) is 0 Å². The van der Waals surface area contributed by atoms with Gasteiger partial charge in [0.05, 0.1) is 0 Å². The lowest BCUT2D eigenvalue weighted by Crippen LogP contribution is -1.76. The molecule has 0 aliphatic carbocycles. The highest BCUT2D eigenvalue weighted by Crippen LogP contribution is 2.39. The van der Waals surface area contributed by atoms with Gasteiger partial charge in [-0.05, 0) is 35.4 Å². The summed E-state index contributed by atoms with van der Waals surface area (Å²) >= 11 is 8.18. The lowest BCUT2D eigenvalue weighted by molar-refractivity contribution is 1.66. The monoisotopic (exact) mass is 294 g/mol. The standard InChI is InChI=1S/C18H11ClS/c19-15-7-4-8-17-18(15)14-11-13(9-10-16(14)20-17)12-5-2-1-3-6-12/h1-11H. The first kappa shape index (κ1) is 12.0. The molecule has 4 aromatic rings.